The average molecular weight is 277 g/mol. The van der Waals surface area contributed by atoms with Crippen LogP contribution in [0, 0.1) is 0 Å². The van der Waals surface area contributed by atoms with Crippen LogP contribution in [0.5, 0.6) is 0 Å². The Bertz CT molecular complexity index is 412. The van der Waals surface area contributed by atoms with Crippen molar-refractivity contribution in [3.8, 4) is 0 Å². The number of nitrogen functional groups attached to an aromatic ring is 1. The van der Waals surface area contributed by atoms with Gasteiger partial charge < -0.3 is 10.5 Å². The van der Waals surface area contributed by atoms with Crippen molar-refractivity contribution in [2.24, 2.45) is 0 Å². The smallest absolute Gasteiger partial charge is 0.338 e. The van der Waals surface area contributed by atoms with Gasteiger partial charge in [0.15, 0.2) is 0 Å². The summed E-state index contributed by atoms with van der Waals surface area (Å²) in [5, 5.41) is 0. The summed E-state index contributed by atoms with van der Waals surface area (Å²) in [5.41, 5.74) is 9.93. The number of rotatable bonds is 8. The Labute approximate surface area is 122 Å². The second-order valence-electron chi connectivity index (χ2n) is 5.14. The summed E-state index contributed by atoms with van der Waals surface area (Å²) in [4.78, 5) is 11.9. The second-order valence-corrected chi connectivity index (χ2v) is 5.14. The number of ether oxygens (including phenoxy) is 1. The fourth-order valence-corrected chi connectivity index (χ4v) is 2.26. The van der Waals surface area contributed by atoms with Crippen molar-refractivity contribution < 1.29 is 9.53 Å². The van der Waals surface area contributed by atoms with Gasteiger partial charge in [0.25, 0.3) is 0 Å². The molecule has 0 aliphatic carbocycles. The second kappa shape index (κ2) is 8.62. The molecule has 3 nitrogen and oxygen atoms in total. The van der Waals surface area contributed by atoms with Gasteiger partial charge in [-0.3, -0.25) is 0 Å². The van der Waals surface area contributed by atoms with Crippen molar-refractivity contribution in [2.45, 2.75) is 59.3 Å². The number of aryl methyl sites for hydroxylation is 2. The first kappa shape index (κ1) is 16.5. The fourth-order valence-electron chi connectivity index (χ4n) is 2.26. The van der Waals surface area contributed by atoms with E-state index in [0.29, 0.717) is 12.2 Å². The van der Waals surface area contributed by atoms with Crippen LogP contribution in [0.3, 0.4) is 0 Å². The minimum atomic E-state index is -0.247. The Hall–Kier alpha value is -1.51. The molecule has 0 fully saturated rings. The first-order valence-electron chi connectivity index (χ1n) is 7.72. The van der Waals surface area contributed by atoms with Crippen LogP contribution < -0.4 is 5.73 Å². The molecule has 0 spiro atoms. The van der Waals surface area contributed by atoms with Crippen molar-refractivity contribution in [1.29, 1.82) is 0 Å². The van der Waals surface area contributed by atoms with E-state index in [1.165, 1.54) is 0 Å². The van der Waals surface area contributed by atoms with Gasteiger partial charge in [-0.05, 0) is 55.9 Å². The van der Waals surface area contributed by atoms with Gasteiger partial charge in [0, 0.05) is 5.69 Å². The number of hydrogen-bond donors (Lipinski definition) is 1. The quantitative estimate of drug-likeness (QED) is 0.574. The summed E-state index contributed by atoms with van der Waals surface area (Å²) in [7, 11) is 0. The summed E-state index contributed by atoms with van der Waals surface area (Å²) in [6.07, 6.45) is 6.26. The summed E-state index contributed by atoms with van der Waals surface area (Å²) in [6, 6.07) is 3.80. The lowest BCUT2D eigenvalue weighted by Gasteiger charge is -2.13. The molecule has 0 bridgehead atoms. The number of carbonyl (C=O) groups is 1. The van der Waals surface area contributed by atoms with Crippen molar-refractivity contribution in [3.63, 3.8) is 0 Å². The standard InChI is InChI=1S/C17H27NO2/c1-4-7-9-13-11-15(17(19)20-6-3)12-14(16(13)18)10-8-5-2/h11-12H,4-10,18H2,1-3H3. The van der Waals surface area contributed by atoms with Crippen LogP contribution in [0.2, 0.25) is 0 Å². The maximum atomic E-state index is 11.9. The zero-order valence-corrected chi connectivity index (χ0v) is 13.0. The molecule has 2 N–H and O–H groups in total. The number of nitrogens with two attached hydrogens (primary N) is 1. The van der Waals surface area contributed by atoms with E-state index in [0.717, 1.165) is 55.3 Å². The molecule has 1 rings (SSSR count). The molecular weight excluding hydrogens is 250 g/mol. The highest BCUT2D eigenvalue weighted by Gasteiger charge is 2.13. The van der Waals surface area contributed by atoms with Crippen molar-refractivity contribution in [2.75, 3.05) is 12.3 Å². The molecule has 1 aromatic rings. The Morgan fingerprint density at radius 1 is 1.05 bits per heavy atom. The molecule has 112 valence electrons. The lowest BCUT2D eigenvalue weighted by molar-refractivity contribution is 0.0526. The van der Waals surface area contributed by atoms with Crippen molar-refractivity contribution >= 4 is 11.7 Å². The molecule has 3 heteroatoms. The highest BCUT2D eigenvalue weighted by Crippen LogP contribution is 2.24. The molecule has 0 amide bonds. The van der Waals surface area contributed by atoms with E-state index in [1.54, 1.807) is 0 Å². The number of benzene rings is 1. The molecule has 1 aromatic carbocycles. The summed E-state index contributed by atoms with van der Waals surface area (Å²) in [5.74, 6) is -0.247. The summed E-state index contributed by atoms with van der Waals surface area (Å²) < 4.78 is 5.11. The van der Waals surface area contributed by atoms with Gasteiger partial charge in [-0.1, -0.05) is 26.7 Å². The lowest BCUT2D eigenvalue weighted by Crippen LogP contribution is -2.09. The minimum Gasteiger partial charge on any atom is -0.462 e. The van der Waals surface area contributed by atoms with E-state index < -0.39 is 0 Å². The highest BCUT2D eigenvalue weighted by molar-refractivity contribution is 5.90. The molecular formula is C17H27NO2. The molecule has 20 heavy (non-hydrogen) atoms. The average Bonchev–Trinajstić information content (AvgIpc) is 2.45. The summed E-state index contributed by atoms with van der Waals surface area (Å²) in [6.45, 7) is 6.54. The predicted octanol–water partition coefficient (Wildman–Crippen LogP) is 4.13. The first-order valence-corrected chi connectivity index (χ1v) is 7.72. The number of anilines is 1. The molecule has 0 aliphatic heterocycles. The Kier molecular flexibility index (Phi) is 7.13. The van der Waals surface area contributed by atoms with Gasteiger partial charge >= 0.3 is 5.97 Å². The minimum absolute atomic E-state index is 0.247. The maximum Gasteiger partial charge on any atom is 0.338 e. The third kappa shape index (κ3) is 4.55. The van der Waals surface area contributed by atoms with E-state index in [4.69, 9.17) is 10.5 Å². The van der Waals surface area contributed by atoms with Crippen LogP contribution in [0.25, 0.3) is 0 Å². The third-order valence-corrected chi connectivity index (χ3v) is 3.46. The van der Waals surface area contributed by atoms with Crippen LogP contribution in [0.4, 0.5) is 5.69 Å². The van der Waals surface area contributed by atoms with E-state index in [2.05, 4.69) is 13.8 Å². The lowest BCUT2D eigenvalue weighted by atomic mass is 9.96. The van der Waals surface area contributed by atoms with Gasteiger partial charge in [-0.15, -0.1) is 0 Å². The highest BCUT2D eigenvalue weighted by atomic mass is 16.5. The Balaban J connectivity index is 3.07. The largest absolute Gasteiger partial charge is 0.462 e. The molecule has 0 heterocycles. The van der Waals surface area contributed by atoms with E-state index >= 15 is 0 Å². The Morgan fingerprint density at radius 2 is 1.55 bits per heavy atom. The van der Waals surface area contributed by atoms with Crippen molar-refractivity contribution in [1.82, 2.24) is 0 Å². The van der Waals surface area contributed by atoms with Crippen LogP contribution in [0.15, 0.2) is 12.1 Å². The van der Waals surface area contributed by atoms with Gasteiger partial charge in [0.2, 0.25) is 0 Å². The molecule has 0 aliphatic rings. The van der Waals surface area contributed by atoms with E-state index in [9.17, 15) is 4.79 Å². The topological polar surface area (TPSA) is 52.3 Å². The zero-order valence-electron chi connectivity index (χ0n) is 13.0. The van der Waals surface area contributed by atoms with Crippen LogP contribution in [-0.4, -0.2) is 12.6 Å². The number of unbranched alkanes of at least 4 members (excludes halogenated alkanes) is 2. The molecule has 0 saturated heterocycles. The molecule has 0 radical (unpaired) electrons. The SMILES string of the molecule is CCCCc1cc(C(=O)OCC)cc(CCCC)c1N. The molecule has 0 saturated carbocycles. The van der Waals surface area contributed by atoms with Gasteiger partial charge in [-0.2, -0.15) is 0 Å². The van der Waals surface area contributed by atoms with Crippen LogP contribution in [-0.2, 0) is 17.6 Å². The molecule has 0 atom stereocenters. The number of carbonyl (C=O) groups excluding carboxylic acids is 1. The summed E-state index contributed by atoms with van der Waals surface area (Å²) >= 11 is 0. The van der Waals surface area contributed by atoms with Gasteiger partial charge in [0.1, 0.15) is 0 Å². The monoisotopic (exact) mass is 277 g/mol. The number of hydrogen-bond acceptors (Lipinski definition) is 3. The van der Waals surface area contributed by atoms with Crippen molar-refractivity contribution in [3.05, 3.63) is 28.8 Å². The maximum absolute atomic E-state index is 11.9. The van der Waals surface area contributed by atoms with Gasteiger partial charge in [-0.25, -0.2) is 4.79 Å². The normalized spacial score (nSPS) is 10.6. The zero-order chi connectivity index (χ0) is 15.0. The molecule has 0 unspecified atom stereocenters. The molecule has 0 aromatic heterocycles. The number of esters is 1. The first-order chi connectivity index (χ1) is 9.63. The van der Waals surface area contributed by atoms with Crippen LogP contribution >= 0.6 is 0 Å². The van der Waals surface area contributed by atoms with E-state index in [1.807, 2.05) is 19.1 Å². The van der Waals surface area contributed by atoms with Gasteiger partial charge in [0.05, 0.1) is 12.2 Å². The van der Waals surface area contributed by atoms with Crippen LogP contribution in [0.1, 0.15) is 67.9 Å². The van der Waals surface area contributed by atoms with E-state index in [-0.39, 0.29) is 5.97 Å². The fraction of sp³-hybridized carbons (Fsp3) is 0.588. The third-order valence-electron chi connectivity index (χ3n) is 3.46. The predicted molar refractivity (Wildman–Crippen MR) is 84.0 cm³/mol. The Morgan fingerprint density at radius 3 is 1.95 bits per heavy atom.